The van der Waals surface area contributed by atoms with Gasteiger partial charge in [-0.2, -0.15) is 0 Å². The molecule has 5 heteroatoms. The quantitative estimate of drug-likeness (QED) is 0.114. The van der Waals surface area contributed by atoms with Crippen LogP contribution in [0.3, 0.4) is 0 Å². The minimum Gasteiger partial charge on any atom is -0.466 e. The summed E-state index contributed by atoms with van der Waals surface area (Å²) >= 11 is 0. The van der Waals surface area contributed by atoms with Crippen molar-refractivity contribution in [3.63, 3.8) is 0 Å². The molecule has 0 spiro atoms. The van der Waals surface area contributed by atoms with Crippen molar-refractivity contribution in [3.05, 3.63) is 0 Å². The van der Waals surface area contributed by atoms with Gasteiger partial charge in [-0.3, -0.25) is 9.59 Å². The van der Waals surface area contributed by atoms with Crippen LogP contribution in [0, 0.1) is 0 Å². The van der Waals surface area contributed by atoms with E-state index in [1.54, 1.807) is 0 Å². The molecule has 1 rings (SSSR count). The Hall–Kier alpha value is -1.10. The average Bonchev–Trinajstić information content (AvgIpc) is 3.34. The van der Waals surface area contributed by atoms with E-state index in [1.165, 1.54) is 64.2 Å². The molecular formula is C28H52O5. The molecular weight excluding hydrogens is 416 g/mol. The summed E-state index contributed by atoms with van der Waals surface area (Å²) in [7, 11) is 0. The Morgan fingerprint density at radius 1 is 0.667 bits per heavy atom. The zero-order valence-electron chi connectivity index (χ0n) is 21.6. The van der Waals surface area contributed by atoms with Gasteiger partial charge in [0.05, 0.1) is 12.7 Å². The minimum absolute atomic E-state index is 0.0453. The Morgan fingerprint density at radius 3 is 1.67 bits per heavy atom. The summed E-state index contributed by atoms with van der Waals surface area (Å²) in [6.07, 6.45) is 23.7. The zero-order chi connectivity index (χ0) is 23.8. The van der Waals surface area contributed by atoms with Crippen LogP contribution in [0.4, 0.5) is 0 Å². The van der Waals surface area contributed by atoms with E-state index in [4.69, 9.17) is 14.2 Å². The van der Waals surface area contributed by atoms with Gasteiger partial charge in [0, 0.05) is 19.4 Å². The molecule has 0 aromatic carbocycles. The number of hydrogen-bond donors (Lipinski definition) is 0. The molecule has 0 N–H and O–H groups in total. The number of unbranched alkanes of at least 4 members (excludes halogenated alkanes) is 15. The van der Waals surface area contributed by atoms with Gasteiger partial charge < -0.3 is 14.2 Å². The fourth-order valence-electron chi connectivity index (χ4n) is 4.30. The summed E-state index contributed by atoms with van der Waals surface area (Å²) in [6.45, 7) is 4.05. The highest BCUT2D eigenvalue weighted by Gasteiger charge is 2.17. The lowest BCUT2D eigenvalue weighted by molar-refractivity contribution is -0.147. The van der Waals surface area contributed by atoms with Gasteiger partial charge in [-0.1, -0.05) is 96.8 Å². The first kappa shape index (κ1) is 29.9. The molecule has 0 aromatic heterocycles. The van der Waals surface area contributed by atoms with E-state index in [0.717, 1.165) is 64.4 Å². The number of ether oxygens (including phenoxy) is 3. The summed E-state index contributed by atoms with van der Waals surface area (Å²) in [4.78, 5) is 23.5. The highest BCUT2D eigenvalue weighted by molar-refractivity contribution is 5.69. The topological polar surface area (TPSA) is 61.8 Å². The normalized spacial score (nSPS) is 15.6. The lowest BCUT2D eigenvalue weighted by Gasteiger charge is -2.10. The van der Waals surface area contributed by atoms with Crippen molar-refractivity contribution >= 4 is 11.9 Å². The molecule has 0 amide bonds. The van der Waals surface area contributed by atoms with Gasteiger partial charge in [0.2, 0.25) is 0 Å². The van der Waals surface area contributed by atoms with E-state index < -0.39 is 0 Å². The molecule has 0 aromatic rings. The molecule has 1 atom stereocenters. The molecule has 0 saturated carbocycles. The van der Waals surface area contributed by atoms with E-state index in [-0.39, 0.29) is 18.0 Å². The average molecular weight is 469 g/mol. The third-order valence-corrected chi connectivity index (χ3v) is 6.48. The molecule has 1 unspecified atom stereocenters. The second-order valence-corrected chi connectivity index (χ2v) is 9.70. The molecule has 1 heterocycles. The van der Waals surface area contributed by atoms with Crippen LogP contribution < -0.4 is 0 Å². The highest BCUT2D eigenvalue weighted by atomic mass is 16.6. The molecule has 33 heavy (non-hydrogen) atoms. The summed E-state index contributed by atoms with van der Waals surface area (Å²) in [5.41, 5.74) is 0. The second-order valence-electron chi connectivity index (χ2n) is 9.70. The van der Waals surface area contributed by atoms with Gasteiger partial charge in [0.15, 0.2) is 0 Å². The Bertz CT molecular complexity index is 459. The van der Waals surface area contributed by atoms with Crippen LogP contribution in [-0.4, -0.2) is 37.9 Å². The van der Waals surface area contributed by atoms with Crippen molar-refractivity contribution in [1.82, 2.24) is 0 Å². The fraction of sp³-hybridized carbons (Fsp3) is 0.929. The molecule has 0 aliphatic carbocycles. The molecule has 0 bridgehead atoms. The first-order valence-corrected chi connectivity index (χ1v) is 14.1. The summed E-state index contributed by atoms with van der Waals surface area (Å²) in [5, 5.41) is 0. The standard InChI is InChI=1S/C28H52O5/c1-2-3-4-5-6-7-8-9-12-15-18-23-32-27(29)21-16-13-10-11-14-17-22-28(30)33-25-26-20-19-24-31-26/h26H,2-25H2,1H3. The summed E-state index contributed by atoms with van der Waals surface area (Å²) in [6, 6.07) is 0. The molecule has 1 aliphatic rings. The molecule has 1 fully saturated rings. The molecule has 1 aliphatic heterocycles. The number of carbonyl (C=O) groups excluding carboxylic acids is 2. The second kappa shape index (κ2) is 22.7. The predicted octanol–water partition coefficient (Wildman–Crippen LogP) is 7.68. The SMILES string of the molecule is CCCCCCCCCCCCCOC(=O)CCCCCCCCC(=O)OCC1CCCO1. The smallest absolute Gasteiger partial charge is 0.305 e. The van der Waals surface area contributed by atoms with E-state index in [1.807, 2.05) is 0 Å². The number of hydrogen-bond acceptors (Lipinski definition) is 5. The van der Waals surface area contributed by atoms with E-state index in [9.17, 15) is 9.59 Å². The lowest BCUT2D eigenvalue weighted by Crippen LogP contribution is -2.17. The number of carbonyl (C=O) groups is 2. The van der Waals surface area contributed by atoms with E-state index in [2.05, 4.69) is 6.92 Å². The summed E-state index contributed by atoms with van der Waals surface area (Å²) in [5.74, 6) is -0.151. The Balaban J connectivity index is 1.74. The third kappa shape index (κ3) is 20.0. The monoisotopic (exact) mass is 468 g/mol. The lowest BCUT2D eigenvalue weighted by atomic mass is 10.1. The van der Waals surface area contributed by atoms with E-state index in [0.29, 0.717) is 26.1 Å². The van der Waals surface area contributed by atoms with Crippen molar-refractivity contribution in [1.29, 1.82) is 0 Å². The van der Waals surface area contributed by atoms with Crippen molar-refractivity contribution in [2.75, 3.05) is 19.8 Å². The van der Waals surface area contributed by atoms with Gasteiger partial charge in [-0.25, -0.2) is 0 Å². The Morgan fingerprint density at radius 2 is 1.15 bits per heavy atom. The Kier molecular flexibility index (Phi) is 20.6. The first-order chi connectivity index (χ1) is 16.2. The van der Waals surface area contributed by atoms with Crippen molar-refractivity contribution in [3.8, 4) is 0 Å². The third-order valence-electron chi connectivity index (χ3n) is 6.48. The van der Waals surface area contributed by atoms with Gasteiger partial charge in [0.1, 0.15) is 6.61 Å². The van der Waals surface area contributed by atoms with Crippen LogP contribution in [0.5, 0.6) is 0 Å². The van der Waals surface area contributed by atoms with Crippen molar-refractivity contribution in [2.45, 2.75) is 148 Å². The largest absolute Gasteiger partial charge is 0.466 e. The van der Waals surface area contributed by atoms with Gasteiger partial charge in [0.25, 0.3) is 0 Å². The van der Waals surface area contributed by atoms with Gasteiger partial charge in [-0.15, -0.1) is 0 Å². The van der Waals surface area contributed by atoms with Gasteiger partial charge in [-0.05, 0) is 32.1 Å². The molecule has 194 valence electrons. The van der Waals surface area contributed by atoms with Crippen LogP contribution in [0.25, 0.3) is 0 Å². The number of esters is 2. The van der Waals surface area contributed by atoms with E-state index >= 15 is 0 Å². The number of rotatable bonds is 23. The maximum atomic E-state index is 11.8. The maximum absolute atomic E-state index is 11.8. The molecule has 1 saturated heterocycles. The fourth-order valence-corrected chi connectivity index (χ4v) is 4.30. The van der Waals surface area contributed by atoms with Gasteiger partial charge >= 0.3 is 11.9 Å². The minimum atomic E-state index is -0.106. The van der Waals surface area contributed by atoms with Crippen LogP contribution in [-0.2, 0) is 23.8 Å². The summed E-state index contributed by atoms with van der Waals surface area (Å²) < 4.78 is 16.1. The van der Waals surface area contributed by atoms with Crippen molar-refractivity contribution < 1.29 is 23.8 Å². The van der Waals surface area contributed by atoms with Crippen LogP contribution in [0.1, 0.15) is 142 Å². The first-order valence-electron chi connectivity index (χ1n) is 14.1. The maximum Gasteiger partial charge on any atom is 0.305 e. The molecule has 0 radical (unpaired) electrons. The molecule has 5 nitrogen and oxygen atoms in total. The van der Waals surface area contributed by atoms with Crippen molar-refractivity contribution in [2.24, 2.45) is 0 Å². The van der Waals surface area contributed by atoms with Crippen LogP contribution in [0.2, 0.25) is 0 Å². The van der Waals surface area contributed by atoms with Crippen LogP contribution in [0.15, 0.2) is 0 Å². The predicted molar refractivity (Wildman–Crippen MR) is 134 cm³/mol. The zero-order valence-corrected chi connectivity index (χ0v) is 21.6. The van der Waals surface area contributed by atoms with Crippen LogP contribution >= 0.6 is 0 Å². The highest BCUT2D eigenvalue weighted by Crippen LogP contribution is 2.14. The Labute approximate surface area is 203 Å².